The first-order valence-corrected chi connectivity index (χ1v) is 10.7. The number of halogens is 1. The zero-order valence-corrected chi connectivity index (χ0v) is 18.1. The zero-order chi connectivity index (χ0) is 22.6. The van der Waals surface area contributed by atoms with Crippen molar-refractivity contribution in [2.45, 2.75) is 46.0 Å². The lowest BCUT2D eigenvalue weighted by atomic mass is 10.1. The Kier molecular flexibility index (Phi) is 9.68. The topological polar surface area (TPSA) is 78.5 Å². The van der Waals surface area contributed by atoms with E-state index < -0.39 is 11.7 Å². The zero-order valence-electron chi connectivity index (χ0n) is 18.1. The molecular weight excluding hydrogens is 397 g/mol. The van der Waals surface area contributed by atoms with Crippen LogP contribution in [0.1, 0.15) is 56.3 Å². The molecule has 0 saturated carbocycles. The van der Waals surface area contributed by atoms with Crippen molar-refractivity contribution < 1.29 is 18.8 Å². The maximum absolute atomic E-state index is 13.3. The third-order valence-electron chi connectivity index (χ3n) is 4.63. The molecule has 0 fully saturated rings. The summed E-state index contributed by atoms with van der Waals surface area (Å²) in [5.74, 6) is -0.982. The van der Waals surface area contributed by atoms with Crippen LogP contribution >= 0.6 is 0 Å². The van der Waals surface area contributed by atoms with Crippen LogP contribution < -0.4 is 10.6 Å². The van der Waals surface area contributed by atoms with Gasteiger partial charge >= 0.3 is 0 Å². The summed E-state index contributed by atoms with van der Waals surface area (Å²) >= 11 is 0. The van der Waals surface area contributed by atoms with Crippen LogP contribution in [0.5, 0.6) is 0 Å². The number of hydrogen-bond acceptors (Lipinski definition) is 3. The van der Waals surface area contributed by atoms with E-state index in [1.54, 1.807) is 30.3 Å². The van der Waals surface area contributed by atoms with Gasteiger partial charge in [0.1, 0.15) is 5.82 Å². The van der Waals surface area contributed by atoms with Crippen molar-refractivity contribution in [3.8, 4) is 0 Å². The molecule has 31 heavy (non-hydrogen) atoms. The van der Waals surface area contributed by atoms with E-state index in [1.165, 1.54) is 18.2 Å². The van der Waals surface area contributed by atoms with Gasteiger partial charge in [-0.3, -0.25) is 14.4 Å². The number of rotatable bonds is 11. The molecule has 6 nitrogen and oxygen atoms in total. The van der Waals surface area contributed by atoms with Crippen molar-refractivity contribution in [1.29, 1.82) is 0 Å². The fraction of sp³-hybridized carbons (Fsp3) is 0.375. The maximum Gasteiger partial charge on any atom is 0.255 e. The highest BCUT2D eigenvalue weighted by molar-refractivity contribution is 6.05. The van der Waals surface area contributed by atoms with Crippen molar-refractivity contribution in [3.63, 3.8) is 0 Å². The number of hydrogen-bond donors (Lipinski definition) is 2. The largest absolute Gasteiger partial charge is 0.343 e. The molecule has 3 amide bonds. The molecule has 166 valence electrons. The van der Waals surface area contributed by atoms with Crippen LogP contribution in [0.25, 0.3) is 0 Å². The maximum atomic E-state index is 13.3. The van der Waals surface area contributed by atoms with Crippen LogP contribution in [0.2, 0.25) is 0 Å². The van der Waals surface area contributed by atoms with E-state index in [4.69, 9.17) is 0 Å². The Balaban J connectivity index is 1.85. The monoisotopic (exact) mass is 427 g/mol. The first kappa shape index (κ1) is 24.1. The van der Waals surface area contributed by atoms with E-state index in [0.29, 0.717) is 29.8 Å². The van der Waals surface area contributed by atoms with Gasteiger partial charge in [-0.2, -0.15) is 0 Å². The molecule has 0 atom stereocenters. The van der Waals surface area contributed by atoms with E-state index in [9.17, 15) is 18.8 Å². The summed E-state index contributed by atoms with van der Waals surface area (Å²) in [5, 5.41) is 5.38. The third-order valence-corrected chi connectivity index (χ3v) is 4.63. The van der Waals surface area contributed by atoms with Crippen LogP contribution in [0.3, 0.4) is 0 Å². The molecule has 2 aromatic carbocycles. The second-order valence-electron chi connectivity index (χ2n) is 7.33. The second-order valence-corrected chi connectivity index (χ2v) is 7.33. The number of amides is 3. The van der Waals surface area contributed by atoms with Crippen molar-refractivity contribution >= 4 is 29.1 Å². The smallest absolute Gasteiger partial charge is 0.255 e. The number of carbonyl (C=O) groups is 3. The van der Waals surface area contributed by atoms with E-state index in [0.717, 1.165) is 25.9 Å². The Hall–Kier alpha value is -3.22. The molecule has 7 heteroatoms. The summed E-state index contributed by atoms with van der Waals surface area (Å²) in [7, 11) is 0. The summed E-state index contributed by atoms with van der Waals surface area (Å²) in [6.07, 6.45) is 2.85. The molecule has 0 bridgehead atoms. The lowest BCUT2D eigenvalue weighted by Gasteiger charge is -2.21. The molecular formula is C24H30FN3O3. The van der Waals surface area contributed by atoms with Gasteiger partial charge in [-0.05, 0) is 55.7 Å². The van der Waals surface area contributed by atoms with Crippen LogP contribution in [0, 0.1) is 5.82 Å². The normalized spacial score (nSPS) is 10.4. The molecule has 0 saturated heterocycles. The van der Waals surface area contributed by atoms with Gasteiger partial charge in [0, 0.05) is 42.9 Å². The second kappa shape index (κ2) is 12.5. The predicted octanol–water partition coefficient (Wildman–Crippen LogP) is 4.84. The van der Waals surface area contributed by atoms with E-state index >= 15 is 0 Å². The first-order chi connectivity index (χ1) is 14.9. The SMILES string of the molecule is CCCN(CCC)C(=O)CCCC(=O)Nc1cccc(C(=O)Nc2cccc(F)c2)c1. The Labute approximate surface area is 182 Å². The minimum atomic E-state index is -0.440. The Bertz CT molecular complexity index is 895. The Morgan fingerprint density at radius 1 is 0.871 bits per heavy atom. The van der Waals surface area contributed by atoms with Crippen molar-refractivity contribution in [2.24, 2.45) is 0 Å². The quantitative estimate of drug-likeness (QED) is 0.539. The summed E-state index contributed by atoms with van der Waals surface area (Å²) in [6, 6.07) is 12.1. The first-order valence-electron chi connectivity index (χ1n) is 10.7. The predicted molar refractivity (Wildman–Crippen MR) is 120 cm³/mol. The summed E-state index contributed by atoms with van der Waals surface area (Å²) in [5.41, 5.74) is 1.18. The molecule has 0 radical (unpaired) electrons. The molecule has 2 aromatic rings. The van der Waals surface area contributed by atoms with Gasteiger partial charge in [0.25, 0.3) is 5.91 Å². The molecule has 0 aromatic heterocycles. The van der Waals surface area contributed by atoms with Gasteiger partial charge in [0.05, 0.1) is 0 Å². The van der Waals surface area contributed by atoms with Crippen molar-refractivity contribution in [2.75, 3.05) is 23.7 Å². The minimum absolute atomic E-state index is 0.0764. The highest BCUT2D eigenvalue weighted by atomic mass is 19.1. The Morgan fingerprint density at radius 2 is 1.52 bits per heavy atom. The molecule has 2 rings (SSSR count). The molecule has 0 aliphatic carbocycles. The van der Waals surface area contributed by atoms with Crippen molar-refractivity contribution in [3.05, 3.63) is 59.9 Å². The van der Waals surface area contributed by atoms with Gasteiger partial charge in [0.15, 0.2) is 0 Å². The van der Waals surface area contributed by atoms with Crippen LogP contribution in [-0.4, -0.2) is 35.7 Å². The van der Waals surface area contributed by atoms with Gasteiger partial charge in [0.2, 0.25) is 11.8 Å². The standard InChI is InChI=1S/C24H30FN3O3/c1-3-14-28(15-4-2)23(30)13-7-12-22(29)26-20-10-5-8-18(16-20)24(31)27-21-11-6-9-19(25)17-21/h5-6,8-11,16-17H,3-4,7,12-15H2,1-2H3,(H,26,29)(H,27,31). The van der Waals surface area contributed by atoms with Crippen LogP contribution in [0.15, 0.2) is 48.5 Å². The average molecular weight is 428 g/mol. The summed E-state index contributed by atoms with van der Waals surface area (Å²) in [6.45, 7) is 5.55. The highest BCUT2D eigenvalue weighted by Gasteiger charge is 2.13. The van der Waals surface area contributed by atoms with E-state index in [-0.39, 0.29) is 18.2 Å². The summed E-state index contributed by atoms with van der Waals surface area (Å²) in [4.78, 5) is 38.8. The van der Waals surface area contributed by atoms with E-state index in [1.807, 2.05) is 18.7 Å². The lowest BCUT2D eigenvalue weighted by Crippen LogP contribution is -2.32. The molecule has 0 aliphatic rings. The fourth-order valence-corrected chi connectivity index (χ4v) is 3.19. The molecule has 0 unspecified atom stereocenters. The lowest BCUT2D eigenvalue weighted by molar-refractivity contribution is -0.131. The van der Waals surface area contributed by atoms with Gasteiger partial charge in [-0.1, -0.05) is 26.0 Å². The highest BCUT2D eigenvalue weighted by Crippen LogP contribution is 2.15. The number of nitrogens with one attached hydrogen (secondary N) is 2. The van der Waals surface area contributed by atoms with Gasteiger partial charge < -0.3 is 15.5 Å². The van der Waals surface area contributed by atoms with Crippen molar-refractivity contribution in [1.82, 2.24) is 4.90 Å². The number of benzene rings is 2. The van der Waals surface area contributed by atoms with Crippen LogP contribution in [0.4, 0.5) is 15.8 Å². The molecule has 0 heterocycles. The molecule has 0 aliphatic heterocycles. The van der Waals surface area contributed by atoms with E-state index in [2.05, 4.69) is 10.6 Å². The molecule has 0 spiro atoms. The minimum Gasteiger partial charge on any atom is -0.343 e. The van der Waals surface area contributed by atoms with Gasteiger partial charge in [-0.15, -0.1) is 0 Å². The van der Waals surface area contributed by atoms with Gasteiger partial charge in [-0.25, -0.2) is 4.39 Å². The summed E-state index contributed by atoms with van der Waals surface area (Å²) < 4.78 is 13.3. The molecule has 2 N–H and O–H groups in total. The number of anilines is 2. The fourth-order valence-electron chi connectivity index (χ4n) is 3.19. The van der Waals surface area contributed by atoms with Crippen LogP contribution in [-0.2, 0) is 9.59 Å². The average Bonchev–Trinajstić information content (AvgIpc) is 2.73. The third kappa shape index (κ3) is 8.20. The number of carbonyl (C=O) groups excluding carboxylic acids is 3. The number of nitrogens with zero attached hydrogens (tertiary/aromatic N) is 1. The Morgan fingerprint density at radius 3 is 2.16 bits per heavy atom.